The molecular weight excluding hydrogens is 200 g/mol. The molecule has 0 spiro atoms. The number of methoxy groups -OCH3 is 1. The van der Waals surface area contributed by atoms with Crippen LogP contribution in [0, 0.1) is 11.8 Å². The molecule has 0 unspecified atom stereocenters. The van der Waals surface area contributed by atoms with Gasteiger partial charge < -0.3 is 15.4 Å². The predicted octanol–water partition coefficient (Wildman–Crippen LogP) is 1.74. The molecule has 1 aliphatic carbocycles. The fourth-order valence-electron chi connectivity index (χ4n) is 3.12. The second-order valence-corrected chi connectivity index (χ2v) is 4.95. The van der Waals surface area contributed by atoms with Gasteiger partial charge in [-0.25, -0.2) is 0 Å². The van der Waals surface area contributed by atoms with Gasteiger partial charge >= 0.3 is 0 Å². The summed E-state index contributed by atoms with van der Waals surface area (Å²) >= 11 is 0. The normalized spacial score (nSPS) is 32.3. The predicted molar refractivity (Wildman–Crippen MR) is 65.5 cm³/mol. The van der Waals surface area contributed by atoms with Gasteiger partial charge in [-0.15, -0.1) is 0 Å². The lowest BCUT2D eigenvalue weighted by atomic mass is 9.68. The third-order valence-corrected chi connectivity index (χ3v) is 3.97. The quantitative estimate of drug-likeness (QED) is 0.768. The minimum Gasteiger partial charge on any atom is -0.399 e. The molecule has 0 radical (unpaired) electrons. The maximum absolute atomic E-state index is 5.70. The SMILES string of the molecule is COC1[C@H]2C[C@H]1CN(c1ccc(N)cc1)C2. The number of benzene rings is 1. The molecule has 86 valence electrons. The smallest absolute Gasteiger partial charge is 0.0661 e. The van der Waals surface area contributed by atoms with Gasteiger partial charge in [0.1, 0.15) is 0 Å². The van der Waals surface area contributed by atoms with Crippen molar-refractivity contribution in [1.29, 1.82) is 0 Å². The van der Waals surface area contributed by atoms with Crippen LogP contribution >= 0.6 is 0 Å². The Bertz CT molecular complexity index is 364. The molecule has 2 aliphatic heterocycles. The zero-order valence-electron chi connectivity index (χ0n) is 9.60. The Morgan fingerprint density at radius 3 is 2.38 bits per heavy atom. The molecule has 2 saturated heterocycles. The van der Waals surface area contributed by atoms with Crippen molar-refractivity contribution in [1.82, 2.24) is 0 Å². The van der Waals surface area contributed by atoms with E-state index in [1.807, 2.05) is 19.2 Å². The summed E-state index contributed by atoms with van der Waals surface area (Å²) in [5.74, 6) is 1.45. The van der Waals surface area contributed by atoms with E-state index < -0.39 is 0 Å². The summed E-state index contributed by atoms with van der Waals surface area (Å²) in [5, 5.41) is 0. The topological polar surface area (TPSA) is 38.5 Å². The third-order valence-electron chi connectivity index (χ3n) is 3.97. The number of nitrogens with zero attached hydrogens (tertiary/aromatic N) is 1. The van der Waals surface area contributed by atoms with Crippen LogP contribution in [-0.4, -0.2) is 26.3 Å². The summed E-state index contributed by atoms with van der Waals surface area (Å²) in [6, 6.07) is 8.18. The molecule has 3 heteroatoms. The second kappa shape index (κ2) is 3.67. The van der Waals surface area contributed by atoms with Crippen LogP contribution in [0.5, 0.6) is 0 Å². The molecule has 3 aliphatic rings. The zero-order valence-corrected chi connectivity index (χ0v) is 9.60. The maximum atomic E-state index is 5.70. The summed E-state index contributed by atoms with van der Waals surface area (Å²) < 4.78 is 5.51. The van der Waals surface area contributed by atoms with Crippen molar-refractivity contribution in [3.05, 3.63) is 24.3 Å². The molecule has 0 aromatic heterocycles. The lowest BCUT2D eigenvalue weighted by Gasteiger charge is -2.53. The molecule has 16 heavy (non-hydrogen) atoms. The molecule has 2 atom stereocenters. The van der Waals surface area contributed by atoms with E-state index >= 15 is 0 Å². The summed E-state index contributed by atoms with van der Waals surface area (Å²) in [5.41, 5.74) is 7.82. The summed E-state index contributed by atoms with van der Waals surface area (Å²) in [6.07, 6.45) is 1.84. The molecule has 1 aromatic rings. The van der Waals surface area contributed by atoms with Crippen LogP contribution in [0.2, 0.25) is 0 Å². The molecule has 2 N–H and O–H groups in total. The van der Waals surface area contributed by atoms with Crippen LogP contribution in [0.3, 0.4) is 0 Å². The van der Waals surface area contributed by atoms with Crippen molar-refractivity contribution in [3.8, 4) is 0 Å². The summed E-state index contributed by atoms with van der Waals surface area (Å²) in [4.78, 5) is 2.45. The highest BCUT2D eigenvalue weighted by Gasteiger charge is 2.46. The van der Waals surface area contributed by atoms with E-state index in [1.165, 1.54) is 12.1 Å². The monoisotopic (exact) mass is 218 g/mol. The van der Waals surface area contributed by atoms with Crippen LogP contribution < -0.4 is 10.6 Å². The first-order valence-electron chi connectivity index (χ1n) is 5.91. The third kappa shape index (κ3) is 1.47. The van der Waals surface area contributed by atoms with E-state index in [-0.39, 0.29) is 0 Å². The van der Waals surface area contributed by atoms with Gasteiger partial charge in [0.25, 0.3) is 0 Å². The van der Waals surface area contributed by atoms with E-state index in [4.69, 9.17) is 10.5 Å². The molecular formula is C13H18N2O. The Balaban J connectivity index is 1.73. The Kier molecular flexibility index (Phi) is 2.28. The van der Waals surface area contributed by atoms with Crippen LogP contribution in [0.1, 0.15) is 6.42 Å². The van der Waals surface area contributed by atoms with E-state index in [2.05, 4.69) is 17.0 Å². The van der Waals surface area contributed by atoms with Gasteiger partial charge in [-0.3, -0.25) is 0 Å². The molecule has 1 aromatic carbocycles. The van der Waals surface area contributed by atoms with Gasteiger partial charge in [0.05, 0.1) is 6.10 Å². The number of nitrogens with two attached hydrogens (primary N) is 1. The minimum absolute atomic E-state index is 0.505. The zero-order chi connectivity index (χ0) is 11.1. The van der Waals surface area contributed by atoms with E-state index in [0.717, 1.165) is 30.6 Å². The van der Waals surface area contributed by atoms with Crippen molar-refractivity contribution < 1.29 is 4.74 Å². The number of piperidine rings is 2. The summed E-state index contributed by atoms with van der Waals surface area (Å²) in [7, 11) is 1.84. The summed E-state index contributed by atoms with van der Waals surface area (Å²) in [6.45, 7) is 2.25. The fraction of sp³-hybridized carbons (Fsp3) is 0.538. The lowest BCUT2D eigenvalue weighted by Crippen LogP contribution is -2.59. The molecule has 0 amide bonds. The number of rotatable bonds is 2. The fourth-order valence-corrected chi connectivity index (χ4v) is 3.12. The van der Waals surface area contributed by atoms with Crippen molar-refractivity contribution >= 4 is 11.4 Å². The number of hydrogen-bond donors (Lipinski definition) is 1. The van der Waals surface area contributed by atoms with Crippen LogP contribution in [0.15, 0.2) is 24.3 Å². The highest BCUT2D eigenvalue weighted by molar-refractivity contribution is 5.53. The first-order valence-corrected chi connectivity index (χ1v) is 5.91. The van der Waals surface area contributed by atoms with Gasteiger partial charge in [-0.2, -0.15) is 0 Å². The second-order valence-electron chi connectivity index (χ2n) is 4.95. The number of nitrogen functional groups attached to an aromatic ring is 1. The molecule has 2 heterocycles. The first kappa shape index (κ1) is 9.97. The van der Waals surface area contributed by atoms with Crippen LogP contribution in [0.4, 0.5) is 11.4 Å². The van der Waals surface area contributed by atoms with Crippen molar-refractivity contribution in [2.75, 3.05) is 30.8 Å². The van der Waals surface area contributed by atoms with Gasteiger partial charge in [-0.05, 0) is 30.7 Å². The Morgan fingerprint density at radius 2 is 1.81 bits per heavy atom. The van der Waals surface area contributed by atoms with Crippen molar-refractivity contribution in [3.63, 3.8) is 0 Å². The van der Waals surface area contributed by atoms with Crippen molar-refractivity contribution in [2.45, 2.75) is 12.5 Å². The van der Waals surface area contributed by atoms with Crippen molar-refractivity contribution in [2.24, 2.45) is 11.8 Å². The lowest BCUT2D eigenvalue weighted by molar-refractivity contribution is -0.0814. The van der Waals surface area contributed by atoms with E-state index in [9.17, 15) is 0 Å². The highest BCUT2D eigenvalue weighted by Crippen LogP contribution is 2.43. The molecule has 1 saturated carbocycles. The van der Waals surface area contributed by atoms with Gasteiger partial charge in [0, 0.05) is 43.4 Å². The van der Waals surface area contributed by atoms with Gasteiger partial charge in [0.2, 0.25) is 0 Å². The molecule has 3 nitrogen and oxygen atoms in total. The Morgan fingerprint density at radius 1 is 1.19 bits per heavy atom. The van der Waals surface area contributed by atoms with Gasteiger partial charge in [0.15, 0.2) is 0 Å². The van der Waals surface area contributed by atoms with E-state index in [0.29, 0.717) is 6.10 Å². The molecule has 4 rings (SSSR count). The minimum atomic E-state index is 0.505. The maximum Gasteiger partial charge on any atom is 0.0661 e. The van der Waals surface area contributed by atoms with E-state index in [1.54, 1.807) is 0 Å². The standard InChI is InChI=1S/C13H18N2O/c1-16-13-9-6-10(13)8-15(7-9)12-4-2-11(14)3-5-12/h2-5,9-10,13H,6-8,14H2,1H3/t9-,10-/m0/s1. The Hall–Kier alpha value is -1.22. The number of fused-ring (bicyclic) bond motifs is 2. The molecule has 3 fully saturated rings. The van der Waals surface area contributed by atoms with Crippen LogP contribution in [0.25, 0.3) is 0 Å². The number of ether oxygens (including phenoxy) is 1. The first-order chi connectivity index (χ1) is 7.78. The number of hydrogen-bond acceptors (Lipinski definition) is 3. The number of anilines is 2. The Labute approximate surface area is 96.2 Å². The average molecular weight is 218 g/mol. The highest BCUT2D eigenvalue weighted by atomic mass is 16.5. The van der Waals surface area contributed by atoms with Crippen LogP contribution in [-0.2, 0) is 4.74 Å². The van der Waals surface area contributed by atoms with Gasteiger partial charge in [-0.1, -0.05) is 0 Å². The molecule has 2 bridgehead atoms. The largest absolute Gasteiger partial charge is 0.399 e. The average Bonchev–Trinajstić information content (AvgIpc) is 2.30.